The first kappa shape index (κ1) is 17.9. The van der Waals surface area contributed by atoms with E-state index in [1.54, 1.807) is 6.08 Å². The highest BCUT2D eigenvalue weighted by molar-refractivity contribution is 7.94. The van der Waals surface area contributed by atoms with Crippen molar-refractivity contribution in [2.45, 2.75) is 45.6 Å². The van der Waals surface area contributed by atoms with Gasteiger partial charge in [0.1, 0.15) is 5.82 Å². The van der Waals surface area contributed by atoms with Crippen LogP contribution in [0.4, 0.5) is 0 Å². The first-order chi connectivity index (χ1) is 12.1. The molecule has 6 heteroatoms. The summed E-state index contributed by atoms with van der Waals surface area (Å²) in [7, 11) is -3.02. The molecule has 0 saturated heterocycles. The highest BCUT2D eigenvalue weighted by Crippen LogP contribution is 2.19. The molecule has 0 aliphatic carbocycles. The van der Waals surface area contributed by atoms with Gasteiger partial charge in [0.15, 0.2) is 15.7 Å². The summed E-state index contributed by atoms with van der Waals surface area (Å²) in [5.41, 5.74) is 1.28. The van der Waals surface area contributed by atoms with Crippen molar-refractivity contribution in [3.8, 4) is 0 Å². The zero-order valence-corrected chi connectivity index (χ0v) is 15.5. The predicted molar refractivity (Wildman–Crippen MR) is 98.9 cm³/mol. The molecule has 1 atom stereocenters. The molecular weight excluding hydrogens is 334 g/mol. The third kappa shape index (κ3) is 5.01. The van der Waals surface area contributed by atoms with Gasteiger partial charge in [-0.1, -0.05) is 49.8 Å². The Balaban J connectivity index is 1.69. The Morgan fingerprint density at radius 1 is 1.20 bits per heavy atom. The summed E-state index contributed by atoms with van der Waals surface area (Å²) in [5, 5.41) is 6.01. The van der Waals surface area contributed by atoms with Crippen molar-refractivity contribution >= 4 is 9.84 Å². The second-order valence-electron chi connectivity index (χ2n) is 6.63. The Morgan fingerprint density at radius 2 is 2.00 bits per heavy atom. The van der Waals surface area contributed by atoms with E-state index in [1.807, 2.05) is 22.9 Å². The normalized spacial score (nSPS) is 18.7. The lowest BCUT2D eigenvalue weighted by Gasteiger charge is -2.08. The summed E-state index contributed by atoms with van der Waals surface area (Å²) in [6.45, 7) is 2.99. The second kappa shape index (κ2) is 7.95. The van der Waals surface area contributed by atoms with Crippen molar-refractivity contribution in [3.05, 3.63) is 59.0 Å². The highest BCUT2D eigenvalue weighted by atomic mass is 32.2. The van der Waals surface area contributed by atoms with E-state index < -0.39 is 9.84 Å². The Bertz CT molecular complexity index is 826. The van der Waals surface area contributed by atoms with Crippen LogP contribution in [0.25, 0.3) is 0 Å². The maximum atomic E-state index is 11.6. The van der Waals surface area contributed by atoms with Crippen molar-refractivity contribution in [2.24, 2.45) is 5.92 Å². The molecule has 2 heterocycles. The number of nitrogens with zero attached hydrogens (tertiary/aromatic N) is 3. The number of aromatic nitrogens is 3. The number of unbranched alkanes of at least 4 members (excludes halogenated alkanes) is 1. The number of aryl methyl sites for hydroxylation is 3. The SMILES string of the molecule is CCCCn1nc(CCc2ccccc2)nc1CC1C=CS(=O)(=O)C1. The second-order valence-corrected chi connectivity index (χ2v) is 8.56. The van der Waals surface area contributed by atoms with Crippen molar-refractivity contribution < 1.29 is 8.42 Å². The lowest BCUT2D eigenvalue weighted by Crippen LogP contribution is -2.13. The summed E-state index contributed by atoms with van der Waals surface area (Å²) < 4.78 is 25.2. The van der Waals surface area contributed by atoms with Gasteiger partial charge in [0.2, 0.25) is 0 Å². The van der Waals surface area contributed by atoms with Gasteiger partial charge in [0.05, 0.1) is 5.75 Å². The fraction of sp³-hybridized carbons (Fsp3) is 0.474. The van der Waals surface area contributed by atoms with Crippen LogP contribution in [0.15, 0.2) is 41.8 Å². The summed E-state index contributed by atoms with van der Waals surface area (Å²) in [6, 6.07) is 10.3. The molecule has 3 rings (SSSR count). The average molecular weight is 359 g/mol. The van der Waals surface area contributed by atoms with Crippen molar-refractivity contribution in [2.75, 3.05) is 5.75 Å². The van der Waals surface area contributed by atoms with E-state index in [9.17, 15) is 8.42 Å². The Hall–Kier alpha value is -1.95. The van der Waals surface area contributed by atoms with Crippen molar-refractivity contribution in [1.29, 1.82) is 0 Å². The molecule has 0 saturated carbocycles. The van der Waals surface area contributed by atoms with Gasteiger partial charge in [-0.2, -0.15) is 5.10 Å². The van der Waals surface area contributed by atoms with Crippen LogP contribution in [0.1, 0.15) is 37.0 Å². The molecule has 0 N–H and O–H groups in total. The highest BCUT2D eigenvalue weighted by Gasteiger charge is 2.24. The van der Waals surface area contributed by atoms with Gasteiger partial charge in [0, 0.05) is 24.8 Å². The van der Waals surface area contributed by atoms with Gasteiger partial charge in [0.25, 0.3) is 0 Å². The average Bonchev–Trinajstić information content (AvgIpc) is 3.14. The number of rotatable bonds is 8. The molecule has 0 fully saturated rings. The van der Waals surface area contributed by atoms with Gasteiger partial charge in [-0.25, -0.2) is 18.1 Å². The van der Waals surface area contributed by atoms with E-state index in [0.717, 1.165) is 43.9 Å². The minimum Gasteiger partial charge on any atom is -0.250 e. The van der Waals surface area contributed by atoms with Crippen LogP contribution >= 0.6 is 0 Å². The van der Waals surface area contributed by atoms with Crippen LogP contribution in [-0.4, -0.2) is 28.9 Å². The van der Waals surface area contributed by atoms with E-state index in [4.69, 9.17) is 4.98 Å². The molecule has 0 radical (unpaired) electrons. The molecule has 134 valence electrons. The fourth-order valence-corrected chi connectivity index (χ4v) is 4.47. The molecule has 0 bridgehead atoms. The van der Waals surface area contributed by atoms with E-state index in [-0.39, 0.29) is 11.7 Å². The van der Waals surface area contributed by atoms with Crippen LogP contribution in [0.5, 0.6) is 0 Å². The lowest BCUT2D eigenvalue weighted by molar-refractivity contribution is 0.524. The predicted octanol–water partition coefficient (Wildman–Crippen LogP) is 2.96. The number of hydrogen-bond donors (Lipinski definition) is 0. The standard InChI is InChI=1S/C19H25N3O2S/c1-2-3-12-22-19(14-17-11-13-25(23,24)15-17)20-18(21-22)10-9-16-7-5-4-6-8-16/h4-8,11,13,17H,2-3,9-10,12,14-15H2,1H3. The van der Waals surface area contributed by atoms with Crippen LogP contribution in [-0.2, 0) is 35.6 Å². The Morgan fingerprint density at radius 3 is 2.68 bits per heavy atom. The molecule has 0 amide bonds. The third-order valence-corrected chi connectivity index (χ3v) is 5.91. The van der Waals surface area contributed by atoms with Gasteiger partial charge in [-0.3, -0.25) is 0 Å². The Kier molecular flexibility index (Phi) is 5.68. The molecule has 0 spiro atoms. The zero-order valence-electron chi connectivity index (χ0n) is 14.6. The quantitative estimate of drug-likeness (QED) is 0.727. The first-order valence-corrected chi connectivity index (χ1v) is 10.6. The van der Waals surface area contributed by atoms with Crippen LogP contribution in [0, 0.1) is 5.92 Å². The van der Waals surface area contributed by atoms with Crippen LogP contribution in [0.3, 0.4) is 0 Å². The van der Waals surface area contributed by atoms with Crippen molar-refractivity contribution in [1.82, 2.24) is 14.8 Å². The van der Waals surface area contributed by atoms with Crippen molar-refractivity contribution in [3.63, 3.8) is 0 Å². The summed E-state index contributed by atoms with van der Waals surface area (Å²) in [5.74, 6) is 1.95. The Labute approximate surface area is 149 Å². The molecule has 2 aromatic rings. The number of benzene rings is 1. The smallest absolute Gasteiger partial charge is 0.171 e. The maximum absolute atomic E-state index is 11.6. The van der Waals surface area contributed by atoms with E-state index >= 15 is 0 Å². The van der Waals surface area contributed by atoms with Crippen LogP contribution in [0.2, 0.25) is 0 Å². The monoisotopic (exact) mass is 359 g/mol. The number of allylic oxidation sites excluding steroid dienone is 1. The molecular formula is C19H25N3O2S. The van der Waals surface area contributed by atoms with E-state index in [0.29, 0.717) is 6.42 Å². The maximum Gasteiger partial charge on any atom is 0.171 e. The third-order valence-electron chi connectivity index (χ3n) is 4.44. The van der Waals surface area contributed by atoms with Gasteiger partial charge < -0.3 is 0 Å². The molecule has 25 heavy (non-hydrogen) atoms. The zero-order chi connectivity index (χ0) is 17.7. The topological polar surface area (TPSA) is 64.8 Å². The lowest BCUT2D eigenvalue weighted by atomic mass is 10.1. The number of sulfone groups is 1. The van der Waals surface area contributed by atoms with Gasteiger partial charge in [-0.05, 0) is 24.3 Å². The summed E-state index contributed by atoms with van der Waals surface area (Å²) in [6.07, 6.45) is 6.28. The van der Waals surface area contributed by atoms with E-state index in [1.165, 1.54) is 11.0 Å². The molecule has 1 aromatic heterocycles. The molecule has 1 aliphatic heterocycles. The largest absolute Gasteiger partial charge is 0.250 e. The van der Waals surface area contributed by atoms with Gasteiger partial charge >= 0.3 is 0 Å². The van der Waals surface area contributed by atoms with E-state index in [2.05, 4.69) is 24.2 Å². The molecule has 1 aliphatic rings. The minimum absolute atomic E-state index is 0.0107. The number of hydrogen-bond acceptors (Lipinski definition) is 4. The molecule has 1 unspecified atom stereocenters. The fourth-order valence-electron chi connectivity index (χ4n) is 3.07. The molecule has 5 nitrogen and oxygen atoms in total. The minimum atomic E-state index is -3.02. The summed E-state index contributed by atoms with van der Waals surface area (Å²) >= 11 is 0. The first-order valence-electron chi connectivity index (χ1n) is 8.93. The molecule has 1 aromatic carbocycles. The van der Waals surface area contributed by atoms with Gasteiger partial charge in [-0.15, -0.1) is 0 Å². The summed E-state index contributed by atoms with van der Waals surface area (Å²) in [4.78, 5) is 4.71. The van der Waals surface area contributed by atoms with Crippen LogP contribution < -0.4 is 0 Å².